The molecule has 0 bridgehead atoms. The summed E-state index contributed by atoms with van der Waals surface area (Å²) in [4.78, 5) is 66.2. The summed E-state index contributed by atoms with van der Waals surface area (Å²) < 4.78 is 0. The lowest BCUT2D eigenvalue weighted by Gasteiger charge is -2.27. The third kappa shape index (κ3) is 4.59. The van der Waals surface area contributed by atoms with E-state index < -0.39 is 35.7 Å². The van der Waals surface area contributed by atoms with Gasteiger partial charge in [0, 0.05) is 19.2 Å². The molecule has 2 aromatic rings. The van der Waals surface area contributed by atoms with Gasteiger partial charge in [0.15, 0.2) is 0 Å². The van der Waals surface area contributed by atoms with Crippen LogP contribution in [0.25, 0.3) is 0 Å². The number of hydrogen-bond donors (Lipinski definition) is 3. The number of urea groups is 1. The zero-order valence-corrected chi connectivity index (χ0v) is 16.9. The number of imide groups is 2. The third-order valence-corrected chi connectivity index (χ3v) is 4.91. The molecule has 2 aliphatic heterocycles. The molecule has 0 saturated carbocycles. The number of pyridine rings is 1. The van der Waals surface area contributed by atoms with Crippen molar-refractivity contribution < 1.29 is 24.0 Å². The number of piperidine rings is 1. The Labute approximate surface area is 190 Å². The van der Waals surface area contributed by atoms with E-state index in [0.717, 1.165) is 4.90 Å². The van der Waals surface area contributed by atoms with E-state index in [1.807, 2.05) is 0 Å². The minimum atomic E-state index is -1.04. The number of nitrogens with zero attached hydrogens (tertiary/aromatic N) is 2. The molecule has 1 aromatic heterocycles. The van der Waals surface area contributed by atoms with Gasteiger partial charge in [-0.3, -0.25) is 34.4 Å². The van der Waals surface area contributed by atoms with Crippen LogP contribution in [0, 0.1) is 0 Å². The maximum absolute atomic E-state index is 13.0. The van der Waals surface area contributed by atoms with Gasteiger partial charge >= 0.3 is 6.03 Å². The first-order valence-electron chi connectivity index (χ1n) is 9.24. The standard InChI is InChI=1S/C20H17N5O5.CH4.ClH/c26-15-7-6-14(17(27)24-15)25-18(28)13-5-1-3-11(16(13)19(25)29)9-22-20(30)23-12-4-2-8-21-10-12;;/h1-5,8,10,14H,6-7,9H2,(H2,22,23,30)(H,24,26,27);1H4;1H. The molecule has 3 N–H and O–H groups in total. The normalized spacial score (nSPS) is 17.0. The van der Waals surface area contributed by atoms with Gasteiger partial charge in [-0.2, -0.15) is 0 Å². The third-order valence-electron chi connectivity index (χ3n) is 4.91. The zero-order chi connectivity index (χ0) is 21.3. The van der Waals surface area contributed by atoms with E-state index in [0.29, 0.717) is 11.3 Å². The fourth-order valence-electron chi connectivity index (χ4n) is 3.52. The molecule has 6 amide bonds. The highest BCUT2D eigenvalue weighted by molar-refractivity contribution is 6.24. The molecule has 0 spiro atoms. The van der Waals surface area contributed by atoms with Crippen molar-refractivity contribution in [1.29, 1.82) is 0 Å². The average molecular weight is 460 g/mol. The van der Waals surface area contributed by atoms with Gasteiger partial charge in [-0.1, -0.05) is 19.6 Å². The number of aromatic nitrogens is 1. The molecule has 168 valence electrons. The summed E-state index contributed by atoms with van der Waals surface area (Å²) >= 11 is 0. The van der Waals surface area contributed by atoms with E-state index in [2.05, 4.69) is 20.9 Å². The van der Waals surface area contributed by atoms with Gasteiger partial charge in [0.1, 0.15) is 6.04 Å². The Kier molecular flexibility index (Phi) is 7.66. The highest BCUT2D eigenvalue weighted by atomic mass is 35.5. The first kappa shape index (κ1) is 24.5. The highest BCUT2D eigenvalue weighted by Gasteiger charge is 2.45. The number of carbonyl (C=O) groups is 5. The first-order valence-corrected chi connectivity index (χ1v) is 9.24. The predicted octanol–water partition coefficient (Wildman–Crippen LogP) is 1.86. The Bertz CT molecular complexity index is 1080. The van der Waals surface area contributed by atoms with Crippen LogP contribution in [0.15, 0.2) is 42.7 Å². The van der Waals surface area contributed by atoms with Crippen molar-refractivity contribution in [1.82, 2.24) is 20.5 Å². The van der Waals surface area contributed by atoms with Crippen molar-refractivity contribution in [2.24, 2.45) is 0 Å². The second-order valence-corrected chi connectivity index (χ2v) is 6.84. The lowest BCUT2D eigenvalue weighted by molar-refractivity contribution is -0.136. The predicted molar refractivity (Wildman–Crippen MR) is 117 cm³/mol. The molecule has 0 radical (unpaired) electrons. The number of anilines is 1. The summed E-state index contributed by atoms with van der Waals surface area (Å²) in [5, 5.41) is 7.41. The number of nitrogens with one attached hydrogen (secondary N) is 3. The minimum Gasteiger partial charge on any atom is -0.334 e. The summed E-state index contributed by atoms with van der Waals surface area (Å²) in [6, 6.07) is 6.54. The van der Waals surface area contributed by atoms with E-state index in [4.69, 9.17) is 0 Å². The molecule has 1 aromatic carbocycles. The van der Waals surface area contributed by atoms with Gasteiger partial charge in [-0.05, 0) is 30.2 Å². The molecule has 1 saturated heterocycles. The molecular formula is C21H22ClN5O5. The summed E-state index contributed by atoms with van der Waals surface area (Å²) in [6.07, 6.45) is 3.19. The lowest BCUT2D eigenvalue weighted by Crippen LogP contribution is -2.54. The molecule has 10 nitrogen and oxygen atoms in total. The Hall–Kier alpha value is -3.79. The SMILES string of the molecule is C.Cl.O=C1CCC(N2C(=O)c3cccc(CNC(=O)Nc4cccnc4)c3C2=O)C(=O)N1. The molecular weight excluding hydrogens is 438 g/mol. The maximum atomic E-state index is 13.0. The molecule has 4 rings (SSSR count). The first-order chi connectivity index (χ1) is 14.5. The van der Waals surface area contributed by atoms with Crippen LogP contribution in [-0.2, 0) is 16.1 Å². The van der Waals surface area contributed by atoms with Crippen molar-refractivity contribution in [2.45, 2.75) is 32.9 Å². The maximum Gasteiger partial charge on any atom is 0.319 e. The fraction of sp³-hybridized carbons (Fsp3) is 0.238. The van der Waals surface area contributed by atoms with Gasteiger partial charge in [0.2, 0.25) is 11.8 Å². The number of halogens is 1. The van der Waals surface area contributed by atoms with Crippen LogP contribution in [0.1, 0.15) is 46.5 Å². The second kappa shape index (κ2) is 10.0. The second-order valence-electron chi connectivity index (χ2n) is 6.84. The van der Waals surface area contributed by atoms with Crippen LogP contribution in [0.3, 0.4) is 0 Å². The van der Waals surface area contributed by atoms with Crippen molar-refractivity contribution in [2.75, 3.05) is 5.32 Å². The van der Waals surface area contributed by atoms with Crippen LogP contribution in [0.4, 0.5) is 10.5 Å². The number of fused-ring (bicyclic) bond motifs is 1. The average Bonchev–Trinajstić information content (AvgIpc) is 2.98. The van der Waals surface area contributed by atoms with Crippen LogP contribution in [0.5, 0.6) is 0 Å². The van der Waals surface area contributed by atoms with Crippen molar-refractivity contribution in [3.05, 3.63) is 59.4 Å². The Morgan fingerprint density at radius 1 is 1.12 bits per heavy atom. The number of carbonyl (C=O) groups excluding carboxylic acids is 5. The van der Waals surface area contributed by atoms with Crippen LogP contribution in [0.2, 0.25) is 0 Å². The Morgan fingerprint density at radius 2 is 1.91 bits per heavy atom. The van der Waals surface area contributed by atoms with Crippen LogP contribution >= 0.6 is 12.4 Å². The molecule has 32 heavy (non-hydrogen) atoms. The zero-order valence-electron chi connectivity index (χ0n) is 16.1. The molecule has 11 heteroatoms. The minimum absolute atomic E-state index is 0. The molecule has 1 fully saturated rings. The molecule has 2 aliphatic rings. The Balaban J connectivity index is 0.00000181. The van der Waals surface area contributed by atoms with Crippen molar-refractivity contribution in [3.8, 4) is 0 Å². The summed E-state index contributed by atoms with van der Waals surface area (Å²) in [5.41, 5.74) is 1.26. The largest absolute Gasteiger partial charge is 0.334 e. The number of rotatable bonds is 4. The molecule has 1 atom stereocenters. The quantitative estimate of drug-likeness (QED) is 0.597. The molecule has 3 heterocycles. The van der Waals surface area contributed by atoms with E-state index in [9.17, 15) is 24.0 Å². The Morgan fingerprint density at radius 3 is 2.59 bits per heavy atom. The topological polar surface area (TPSA) is 138 Å². The number of hydrogen-bond acceptors (Lipinski definition) is 6. The number of benzene rings is 1. The van der Waals surface area contributed by atoms with Crippen molar-refractivity contribution in [3.63, 3.8) is 0 Å². The van der Waals surface area contributed by atoms with Gasteiger partial charge < -0.3 is 10.6 Å². The summed E-state index contributed by atoms with van der Waals surface area (Å²) in [7, 11) is 0. The van der Waals surface area contributed by atoms with E-state index >= 15 is 0 Å². The molecule has 0 aliphatic carbocycles. The van der Waals surface area contributed by atoms with Crippen molar-refractivity contribution >= 4 is 47.8 Å². The summed E-state index contributed by atoms with van der Waals surface area (Å²) in [6.45, 7) is -0.00250. The molecule has 1 unspecified atom stereocenters. The van der Waals surface area contributed by atoms with Crippen LogP contribution < -0.4 is 16.0 Å². The van der Waals surface area contributed by atoms with E-state index in [-0.39, 0.29) is 50.3 Å². The monoisotopic (exact) mass is 459 g/mol. The fourth-order valence-corrected chi connectivity index (χ4v) is 3.52. The van der Waals surface area contributed by atoms with E-state index in [1.165, 1.54) is 12.3 Å². The van der Waals surface area contributed by atoms with Gasteiger partial charge in [-0.25, -0.2) is 4.79 Å². The highest BCUT2D eigenvalue weighted by Crippen LogP contribution is 2.29. The van der Waals surface area contributed by atoms with Gasteiger partial charge in [0.25, 0.3) is 11.8 Å². The lowest BCUT2D eigenvalue weighted by atomic mass is 10.0. The van der Waals surface area contributed by atoms with E-state index in [1.54, 1.807) is 30.5 Å². The smallest absolute Gasteiger partial charge is 0.319 e. The van der Waals surface area contributed by atoms with Gasteiger partial charge in [-0.15, -0.1) is 12.4 Å². The number of amides is 6. The van der Waals surface area contributed by atoms with Gasteiger partial charge in [0.05, 0.1) is 23.0 Å². The van der Waals surface area contributed by atoms with Crippen LogP contribution in [-0.4, -0.2) is 45.6 Å². The summed E-state index contributed by atoms with van der Waals surface area (Å²) in [5.74, 6) is -2.31.